The minimum Gasteiger partial charge on any atom is -0.309 e. The number of halogens is 1. The summed E-state index contributed by atoms with van der Waals surface area (Å²) >= 11 is 3.69. The van der Waals surface area contributed by atoms with Crippen LogP contribution in [0.15, 0.2) is 10.7 Å². The van der Waals surface area contributed by atoms with E-state index in [0.29, 0.717) is 6.04 Å². The van der Waals surface area contributed by atoms with Crippen molar-refractivity contribution in [3.63, 3.8) is 0 Å². The van der Waals surface area contributed by atoms with Gasteiger partial charge in [-0.1, -0.05) is 32.6 Å². The third-order valence-electron chi connectivity index (χ3n) is 4.22. The summed E-state index contributed by atoms with van der Waals surface area (Å²) < 4.78 is 3.30. The van der Waals surface area contributed by atoms with Crippen LogP contribution in [0.2, 0.25) is 0 Å². The Kier molecular flexibility index (Phi) is 5.89. The molecule has 0 amide bonds. The Labute approximate surface area is 125 Å². The Balaban J connectivity index is 2.24. The lowest BCUT2D eigenvalue weighted by atomic mass is 9.89. The largest absolute Gasteiger partial charge is 0.309 e. The van der Waals surface area contributed by atoms with Gasteiger partial charge in [0.05, 0.1) is 22.4 Å². The molecule has 1 aliphatic rings. The van der Waals surface area contributed by atoms with Crippen molar-refractivity contribution >= 4 is 15.9 Å². The summed E-state index contributed by atoms with van der Waals surface area (Å²) in [6, 6.07) is 0.444. The second kappa shape index (κ2) is 7.44. The number of nitrogens with zero attached hydrogens (tertiary/aromatic N) is 2. The lowest BCUT2D eigenvalue weighted by Crippen LogP contribution is -2.30. The van der Waals surface area contributed by atoms with Gasteiger partial charge in [-0.05, 0) is 48.2 Å². The molecule has 1 aromatic heterocycles. The van der Waals surface area contributed by atoms with E-state index in [1.807, 2.05) is 6.20 Å². The van der Waals surface area contributed by atoms with Gasteiger partial charge in [0.15, 0.2) is 0 Å². The molecule has 4 heteroatoms. The van der Waals surface area contributed by atoms with E-state index in [0.717, 1.165) is 23.5 Å². The van der Waals surface area contributed by atoms with Gasteiger partial charge in [-0.3, -0.25) is 4.68 Å². The zero-order valence-electron chi connectivity index (χ0n) is 12.2. The van der Waals surface area contributed by atoms with Crippen molar-refractivity contribution in [3.05, 3.63) is 16.4 Å². The molecule has 0 aliphatic heterocycles. The van der Waals surface area contributed by atoms with Gasteiger partial charge in [-0.25, -0.2) is 0 Å². The van der Waals surface area contributed by atoms with Crippen LogP contribution in [0, 0.1) is 5.92 Å². The molecule has 0 bridgehead atoms. The standard InChI is InChI=1S/C15H26BrN3/c1-3-17-14(12-9-7-5-6-8-10-12)15-13(16)11-18-19(15)4-2/h11-12,14,17H,3-10H2,1-2H3. The van der Waals surface area contributed by atoms with E-state index >= 15 is 0 Å². The maximum atomic E-state index is 4.49. The zero-order valence-corrected chi connectivity index (χ0v) is 13.7. The minimum absolute atomic E-state index is 0.444. The molecule has 0 saturated heterocycles. The van der Waals surface area contributed by atoms with Crippen LogP contribution in [0.3, 0.4) is 0 Å². The number of hydrogen-bond acceptors (Lipinski definition) is 2. The lowest BCUT2D eigenvalue weighted by Gasteiger charge is -2.28. The topological polar surface area (TPSA) is 29.9 Å². The Morgan fingerprint density at radius 3 is 2.58 bits per heavy atom. The van der Waals surface area contributed by atoms with Crippen LogP contribution in [0.1, 0.15) is 64.1 Å². The van der Waals surface area contributed by atoms with Crippen molar-refractivity contribution in [2.45, 2.75) is 65.0 Å². The molecule has 3 nitrogen and oxygen atoms in total. The van der Waals surface area contributed by atoms with Gasteiger partial charge in [0, 0.05) is 6.54 Å². The van der Waals surface area contributed by atoms with Gasteiger partial charge in [-0.15, -0.1) is 0 Å². The Bertz CT molecular complexity index is 381. The highest BCUT2D eigenvalue weighted by Crippen LogP contribution is 2.36. The van der Waals surface area contributed by atoms with Crippen molar-refractivity contribution < 1.29 is 0 Å². The maximum absolute atomic E-state index is 4.49. The fourth-order valence-corrected chi connectivity index (χ4v) is 3.83. The van der Waals surface area contributed by atoms with E-state index in [2.05, 4.69) is 44.9 Å². The van der Waals surface area contributed by atoms with Crippen molar-refractivity contribution in [3.8, 4) is 0 Å². The average Bonchev–Trinajstić information content (AvgIpc) is 2.64. The molecule has 1 atom stereocenters. The van der Waals surface area contributed by atoms with Crippen LogP contribution >= 0.6 is 15.9 Å². The van der Waals surface area contributed by atoms with Crippen molar-refractivity contribution in [1.29, 1.82) is 0 Å². The fraction of sp³-hybridized carbons (Fsp3) is 0.800. The van der Waals surface area contributed by atoms with Gasteiger partial charge in [0.2, 0.25) is 0 Å². The molecule has 1 fully saturated rings. The van der Waals surface area contributed by atoms with Crippen LogP contribution < -0.4 is 5.32 Å². The Morgan fingerprint density at radius 2 is 2.00 bits per heavy atom. The number of nitrogens with one attached hydrogen (secondary N) is 1. The molecule has 1 unspecified atom stereocenters. The predicted octanol–water partition coefficient (Wildman–Crippen LogP) is 4.29. The van der Waals surface area contributed by atoms with E-state index in [1.165, 1.54) is 44.2 Å². The predicted molar refractivity (Wildman–Crippen MR) is 83.2 cm³/mol. The van der Waals surface area contributed by atoms with Crippen LogP contribution in [0.5, 0.6) is 0 Å². The third-order valence-corrected chi connectivity index (χ3v) is 4.83. The quantitative estimate of drug-likeness (QED) is 0.817. The molecule has 19 heavy (non-hydrogen) atoms. The molecule has 1 N–H and O–H groups in total. The minimum atomic E-state index is 0.444. The summed E-state index contributed by atoms with van der Waals surface area (Å²) in [7, 11) is 0. The second-order valence-electron chi connectivity index (χ2n) is 5.48. The van der Waals surface area contributed by atoms with Crippen LogP contribution in [0.4, 0.5) is 0 Å². The summed E-state index contributed by atoms with van der Waals surface area (Å²) in [6.07, 6.45) is 10.2. The smallest absolute Gasteiger partial charge is 0.0698 e. The molecule has 2 rings (SSSR count). The first-order valence-electron chi connectivity index (χ1n) is 7.72. The van der Waals surface area contributed by atoms with Crippen molar-refractivity contribution in [2.24, 2.45) is 5.92 Å². The molecule has 1 saturated carbocycles. The Hall–Kier alpha value is -0.350. The van der Waals surface area contributed by atoms with Gasteiger partial charge in [-0.2, -0.15) is 5.10 Å². The van der Waals surface area contributed by atoms with E-state index in [9.17, 15) is 0 Å². The first-order valence-corrected chi connectivity index (χ1v) is 8.51. The SMILES string of the molecule is CCNC(c1c(Br)cnn1CC)C1CCCCCC1. The summed E-state index contributed by atoms with van der Waals surface area (Å²) in [6.45, 7) is 6.32. The van der Waals surface area contributed by atoms with Gasteiger partial charge in [0.1, 0.15) is 0 Å². The van der Waals surface area contributed by atoms with Gasteiger partial charge in [0.25, 0.3) is 0 Å². The summed E-state index contributed by atoms with van der Waals surface area (Å²) in [4.78, 5) is 0. The summed E-state index contributed by atoms with van der Waals surface area (Å²) in [5, 5.41) is 8.19. The van der Waals surface area contributed by atoms with Crippen molar-refractivity contribution in [2.75, 3.05) is 6.54 Å². The lowest BCUT2D eigenvalue weighted by molar-refractivity contribution is 0.313. The third kappa shape index (κ3) is 3.60. The van der Waals surface area contributed by atoms with Crippen LogP contribution in [-0.2, 0) is 6.54 Å². The second-order valence-corrected chi connectivity index (χ2v) is 6.33. The number of hydrogen-bond donors (Lipinski definition) is 1. The summed E-state index contributed by atoms with van der Waals surface area (Å²) in [5.74, 6) is 0.751. The van der Waals surface area contributed by atoms with Gasteiger partial charge < -0.3 is 5.32 Å². The first kappa shape index (κ1) is 15.0. The molecule has 108 valence electrons. The molecule has 1 aliphatic carbocycles. The molecule has 0 spiro atoms. The first-order chi connectivity index (χ1) is 9.27. The average molecular weight is 328 g/mol. The molecular formula is C15H26BrN3. The molecule has 0 radical (unpaired) electrons. The highest BCUT2D eigenvalue weighted by Gasteiger charge is 2.27. The van der Waals surface area contributed by atoms with Crippen LogP contribution in [0.25, 0.3) is 0 Å². The Morgan fingerprint density at radius 1 is 1.32 bits per heavy atom. The van der Waals surface area contributed by atoms with Gasteiger partial charge >= 0.3 is 0 Å². The fourth-order valence-electron chi connectivity index (χ4n) is 3.28. The maximum Gasteiger partial charge on any atom is 0.0698 e. The van der Waals surface area contributed by atoms with E-state index < -0.39 is 0 Å². The van der Waals surface area contributed by atoms with E-state index in [-0.39, 0.29) is 0 Å². The molecule has 0 aromatic carbocycles. The molecular weight excluding hydrogens is 302 g/mol. The highest BCUT2D eigenvalue weighted by atomic mass is 79.9. The van der Waals surface area contributed by atoms with Crippen LogP contribution in [-0.4, -0.2) is 16.3 Å². The molecule has 1 heterocycles. The highest BCUT2D eigenvalue weighted by molar-refractivity contribution is 9.10. The number of aryl methyl sites for hydroxylation is 1. The van der Waals surface area contributed by atoms with E-state index in [1.54, 1.807) is 0 Å². The summed E-state index contributed by atoms with van der Waals surface area (Å²) in [5.41, 5.74) is 1.34. The molecule has 1 aromatic rings. The monoisotopic (exact) mass is 327 g/mol. The number of aromatic nitrogens is 2. The zero-order chi connectivity index (χ0) is 13.7. The van der Waals surface area contributed by atoms with E-state index in [4.69, 9.17) is 0 Å². The number of rotatable bonds is 5. The van der Waals surface area contributed by atoms with Crippen molar-refractivity contribution in [1.82, 2.24) is 15.1 Å². The normalized spacial score (nSPS) is 19.3.